The maximum atomic E-state index is 12.8. The number of alkyl halides is 3. The second-order valence-electron chi connectivity index (χ2n) is 5.78. The standard InChI is InChI=1S/C18H13ClF3N3OS2/c1-10-3-2-4-11(7-10)16-24-17(28-25-16)27-9-15(26)23-14-8-12(18(20,21)22)5-6-13(14)19/h2-8H,9H2,1H3,(H,23,26). The molecule has 0 aliphatic carbocycles. The van der Waals surface area contributed by atoms with Crippen LogP contribution in [-0.2, 0) is 11.0 Å². The number of aromatic nitrogens is 2. The van der Waals surface area contributed by atoms with Crippen molar-refractivity contribution in [3.63, 3.8) is 0 Å². The highest BCUT2D eigenvalue weighted by atomic mass is 35.5. The second-order valence-corrected chi connectivity index (χ2v) is 8.16. The summed E-state index contributed by atoms with van der Waals surface area (Å²) in [6.45, 7) is 1.97. The van der Waals surface area contributed by atoms with E-state index in [4.69, 9.17) is 11.6 Å². The van der Waals surface area contributed by atoms with Crippen LogP contribution in [0.2, 0.25) is 5.02 Å². The van der Waals surface area contributed by atoms with E-state index in [9.17, 15) is 18.0 Å². The first-order chi connectivity index (χ1) is 13.2. The number of anilines is 1. The minimum Gasteiger partial charge on any atom is -0.324 e. The summed E-state index contributed by atoms with van der Waals surface area (Å²) in [5.74, 6) is 0.0470. The molecule has 0 atom stereocenters. The van der Waals surface area contributed by atoms with E-state index in [0.717, 1.165) is 52.6 Å². The second kappa shape index (κ2) is 8.50. The van der Waals surface area contributed by atoms with Crippen LogP contribution < -0.4 is 5.32 Å². The minimum absolute atomic E-state index is 0.0315. The first-order valence-corrected chi connectivity index (χ1v) is 10.1. The molecule has 0 aliphatic heterocycles. The predicted octanol–water partition coefficient (Wildman–Crippen LogP) is 5.92. The molecule has 2 aromatic carbocycles. The molecule has 28 heavy (non-hydrogen) atoms. The first kappa shape index (κ1) is 20.6. The molecule has 4 nitrogen and oxygen atoms in total. The molecule has 0 unspecified atom stereocenters. The van der Waals surface area contributed by atoms with Gasteiger partial charge >= 0.3 is 6.18 Å². The van der Waals surface area contributed by atoms with E-state index in [0.29, 0.717) is 10.2 Å². The van der Waals surface area contributed by atoms with Gasteiger partial charge < -0.3 is 5.32 Å². The quantitative estimate of drug-likeness (QED) is 0.497. The monoisotopic (exact) mass is 443 g/mol. The molecule has 0 saturated heterocycles. The van der Waals surface area contributed by atoms with E-state index >= 15 is 0 Å². The van der Waals surface area contributed by atoms with Crippen molar-refractivity contribution in [3.8, 4) is 11.4 Å². The van der Waals surface area contributed by atoms with Gasteiger partial charge in [-0.1, -0.05) is 47.1 Å². The Morgan fingerprint density at radius 3 is 2.75 bits per heavy atom. The summed E-state index contributed by atoms with van der Waals surface area (Å²) in [5, 5.41) is 2.44. The minimum atomic E-state index is -4.52. The molecule has 0 saturated carbocycles. The van der Waals surface area contributed by atoms with Gasteiger partial charge in [0.15, 0.2) is 10.2 Å². The number of thioether (sulfide) groups is 1. The van der Waals surface area contributed by atoms with Gasteiger partial charge in [0, 0.05) is 5.56 Å². The number of benzene rings is 2. The van der Waals surface area contributed by atoms with Crippen LogP contribution in [-0.4, -0.2) is 21.0 Å². The van der Waals surface area contributed by atoms with Gasteiger partial charge in [-0.3, -0.25) is 4.79 Å². The zero-order chi connectivity index (χ0) is 20.3. The molecular weight excluding hydrogens is 431 g/mol. The molecule has 1 aromatic heterocycles. The van der Waals surface area contributed by atoms with Crippen LogP contribution in [0.5, 0.6) is 0 Å². The van der Waals surface area contributed by atoms with Gasteiger partial charge in [0.05, 0.1) is 22.0 Å². The Morgan fingerprint density at radius 1 is 1.25 bits per heavy atom. The number of carbonyl (C=O) groups is 1. The van der Waals surface area contributed by atoms with Crippen molar-refractivity contribution in [1.29, 1.82) is 0 Å². The fraction of sp³-hybridized carbons (Fsp3) is 0.167. The van der Waals surface area contributed by atoms with Crippen LogP contribution in [0.1, 0.15) is 11.1 Å². The largest absolute Gasteiger partial charge is 0.416 e. The highest BCUT2D eigenvalue weighted by Gasteiger charge is 2.31. The first-order valence-electron chi connectivity index (χ1n) is 7.92. The Hall–Kier alpha value is -2.10. The normalized spacial score (nSPS) is 11.5. The molecule has 3 rings (SSSR count). The summed E-state index contributed by atoms with van der Waals surface area (Å²) in [5.41, 5.74) is 0.994. The van der Waals surface area contributed by atoms with Gasteiger partial charge in [-0.2, -0.15) is 17.5 Å². The van der Waals surface area contributed by atoms with Crippen molar-refractivity contribution < 1.29 is 18.0 Å². The summed E-state index contributed by atoms with van der Waals surface area (Å²) in [6.07, 6.45) is -4.52. The predicted molar refractivity (Wildman–Crippen MR) is 106 cm³/mol. The summed E-state index contributed by atoms with van der Waals surface area (Å²) >= 11 is 8.19. The summed E-state index contributed by atoms with van der Waals surface area (Å²) in [7, 11) is 0. The molecule has 1 amide bonds. The number of aryl methyl sites for hydroxylation is 1. The lowest BCUT2D eigenvalue weighted by Crippen LogP contribution is -2.15. The maximum Gasteiger partial charge on any atom is 0.416 e. The van der Waals surface area contributed by atoms with Gasteiger partial charge in [0.25, 0.3) is 0 Å². The number of nitrogens with one attached hydrogen (secondary N) is 1. The third-order valence-electron chi connectivity index (χ3n) is 3.58. The van der Waals surface area contributed by atoms with E-state index in [1.165, 1.54) is 0 Å². The van der Waals surface area contributed by atoms with Crippen molar-refractivity contribution in [2.75, 3.05) is 11.1 Å². The smallest absolute Gasteiger partial charge is 0.324 e. The van der Waals surface area contributed by atoms with E-state index in [1.54, 1.807) is 0 Å². The molecule has 1 heterocycles. The zero-order valence-corrected chi connectivity index (χ0v) is 16.8. The fourth-order valence-electron chi connectivity index (χ4n) is 2.28. The molecule has 146 valence electrons. The topological polar surface area (TPSA) is 54.9 Å². The third kappa shape index (κ3) is 5.24. The van der Waals surface area contributed by atoms with Gasteiger partial charge in [0.2, 0.25) is 5.91 Å². The number of nitrogens with zero attached hydrogens (tertiary/aromatic N) is 2. The van der Waals surface area contributed by atoms with Crippen LogP contribution in [0.15, 0.2) is 46.8 Å². The molecule has 0 bridgehead atoms. The molecule has 3 aromatic rings. The molecule has 0 radical (unpaired) electrons. The number of carbonyl (C=O) groups excluding carboxylic acids is 1. The lowest BCUT2D eigenvalue weighted by atomic mass is 10.1. The van der Waals surface area contributed by atoms with Crippen molar-refractivity contribution in [3.05, 3.63) is 58.6 Å². The highest BCUT2D eigenvalue weighted by Crippen LogP contribution is 2.34. The number of hydrogen-bond donors (Lipinski definition) is 1. The SMILES string of the molecule is Cc1cccc(-c2nsc(SCC(=O)Nc3cc(C(F)(F)F)ccc3Cl)n2)c1. The van der Waals surface area contributed by atoms with Gasteiger partial charge in [-0.25, -0.2) is 4.98 Å². The molecule has 0 fully saturated rings. The van der Waals surface area contributed by atoms with Gasteiger partial charge in [-0.15, -0.1) is 0 Å². The Kier molecular flexibility index (Phi) is 6.26. The lowest BCUT2D eigenvalue weighted by molar-refractivity contribution is -0.137. The number of hydrogen-bond acceptors (Lipinski definition) is 5. The van der Waals surface area contributed by atoms with Crippen molar-refractivity contribution in [2.45, 2.75) is 17.4 Å². The van der Waals surface area contributed by atoms with Crippen LogP contribution >= 0.6 is 34.9 Å². The molecule has 10 heteroatoms. The number of rotatable bonds is 5. The Morgan fingerprint density at radius 2 is 2.04 bits per heavy atom. The number of amides is 1. The molecular formula is C18H13ClF3N3OS2. The van der Waals surface area contributed by atoms with Crippen molar-refractivity contribution in [1.82, 2.24) is 9.36 Å². The average Bonchev–Trinajstić information content (AvgIpc) is 3.10. The lowest BCUT2D eigenvalue weighted by Gasteiger charge is -2.11. The van der Waals surface area contributed by atoms with Gasteiger partial charge in [-0.05, 0) is 42.7 Å². The van der Waals surface area contributed by atoms with E-state index in [2.05, 4.69) is 14.7 Å². The van der Waals surface area contributed by atoms with Gasteiger partial charge in [0.1, 0.15) is 0 Å². The Bertz CT molecular complexity index is 1010. The molecule has 1 N–H and O–H groups in total. The van der Waals surface area contributed by atoms with Crippen LogP contribution in [0.4, 0.5) is 18.9 Å². The zero-order valence-electron chi connectivity index (χ0n) is 14.4. The third-order valence-corrected chi connectivity index (χ3v) is 5.74. The molecule has 0 aliphatic rings. The van der Waals surface area contributed by atoms with Crippen LogP contribution in [0, 0.1) is 6.92 Å². The van der Waals surface area contributed by atoms with E-state index < -0.39 is 17.6 Å². The van der Waals surface area contributed by atoms with Crippen LogP contribution in [0.25, 0.3) is 11.4 Å². The fourth-order valence-corrected chi connectivity index (χ4v) is 3.86. The summed E-state index contributed by atoms with van der Waals surface area (Å²) in [6, 6.07) is 10.5. The van der Waals surface area contributed by atoms with Crippen LogP contribution in [0.3, 0.4) is 0 Å². The summed E-state index contributed by atoms with van der Waals surface area (Å²) < 4.78 is 43.3. The van der Waals surface area contributed by atoms with E-state index in [1.807, 2.05) is 31.2 Å². The highest BCUT2D eigenvalue weighted by molar-refractivity contribution is 8.01. The maximum absolute atomic E-state index is 12.8. The summed E-state index contributed by atoms with van der Waals surface area (Å²) in [4.78, 5) is 16.5. The Labute approximate surface area is 172 Å². The van der Waals surface area contributed by atoms with Crippen molar-refractivity contribution in [2.24, 2.45) is 0 Å². The van der Waals surface area contributed by atoms with E-state index in [-0.39, 0.29) is 16.5 Å². The van der Waals surface area contributed by atoms with Crippen molar-refractivity contribution >= 4 is 46.5 Å². The Balaban J connectivity index is 1.62. The average molecular weight is 444 g/mol. The number of halogens is 4. The molecule has 0 spiro atoms.